The molecule has 0 saturated carbocycles. The molecule has 266 valence electrons. The fourth-order valence-electron chi connectivity index (χ4n) is 7.63. The third-order valence-electron chi connectivity index (χ3n) is 10.1. The highest BCUT2D eigenvalue weighted by molar-refractivity contribution is 6.24. The maximum absolute atomic E-state index is 11.7. The van der Waals surface area contributed by atoms with Crippen molar-refractivity contribution in [2.45, 2.75) is 0 Å². The van der Waals surface area contributed by atoms with E-state index >= 15 is 0 Å². The quantitative estimate of drug-likeness (QED) is 0.0466. The van der Waals surface area contributed by atoms with Crippen molar-refractivity contribution >= 4 is 54.3 Å². The van der Waals surface area contributed by atoms with E-state index in [0.717, 1.165) is 27.5 Å². The van der Waals surface area contributed by atoms with Crippen LogP contribution >= 0.6 is 0 Å². The molecule has 9 aromatic rings. The minimum Gasteiger partial charge on any atom is -0.506 e. The first kappa shape index (κ1) is 32.1. The highest BCUT2D eigenvalue weighted by Gasteiger charge is 2.35. The second-order valence-corrected chi connectivity index (χ2v) is 12.9. The maximum atomic E-state index is 11.7. The van der Waals surface area contributed by atoms with Crippen molar-refractivity contribution in [2.24, 2.45) is 0 Å². The van der Waals surface area contributed by atoms with Gasteiger partial charge in [-0.3, -0.25) is 0 Å². The summed E-state index contributed by atoms with van der Waals surface area (Å²) in [7, 11) is 0. The van der Waals surface area contributed by atoms with Crippen LogP contribution in [0.5, 0.6) is 63.2 Å². The number of para-hydroxylation sites is 1. The van der Waals surface area contributed by atoms with Gasteiger partial charge in [0.05, 0.1) is 27.5 Å². The lowest BCUT2D eigenvalue weighted by Gasteiger charge is -2.22. The molecule has 1 heterocycles. The molecule has 0 bridgehead atoms. The Morgan fingerprint density at radius 3 is 1.19 bits per heavy atom. The van der Waals surface area contributed by atoms with E-state index in [1.165, 1.54) is 0 Å². The van der Waals surface area contributed by atoms with Crippen molar-refractivity contribution in [1.82, 2.24) is 0 Å². The molecule has 0 aliphatic heterocycles. The molecule has 9 rings (SSSR count). The van der Waals surface area contributed by atoms with Gasteiger partial charge in [-0.15, -0.1) is 0 Å². The molecule has 1 aromatic heterocycles. The molecule has 0 saturated heterocycles. The van der Waals surface area contributed by atoms with Crippen molar-refractivity contribution in [3.8, 4) is 96.6 Å². The lowest BCUT2D eigenvalue weighted by molar-refractivity contribution is 0.347. The van der Waals surface area contributed by atoms with Gasteiger partial charge in [-0.2, -0.15) is 0 Å². The minimum atomic E-state index is -1.31. The lowest BCUT2D eigenvalue weighted by Crippen LogP contribution is -1.94. The van der Waals surface area contributed by atoms with Crippen molar-refractivity contribution in [2.75, 3.05) is 0 Å². The van der Waals surface area contributed by atoms with Gasteiger partial charge < -0.3 is 60.6 Å². The van der Waals surface area contributed by atoms with Crippen LogP contribution in [-0.2, 0) is 0 Å². The molecule has 54 heavy (non-hydrogen) atoms. The van der Waals surface area contributed by atoms with E-state index in [-0.39, 0.29) is 5.56 Å². The zero-order valence-corrected chi connectivity index (χ0v) is 27.5. The van der Waals surface area contributed by atoms with Crippen LogP contribution in [0.25, 0.3) is 87.6 Å². The third kappa shape index (κ3) is 4.07. The van der Waals surface area contributed by atoms with E-state index in [1.54, 1.807) is 24.3 Å². The third-order valence-corrected chi connectivity index (χ3v) is 10.1. The number of hydrogen-bond acceptors (Lipinski definition) is 12. The van der Waals surface area contributed by atoms with Crippen molar-refractivity contribution < 1.29 is 60.6 Å². The second-order valence-electron chi connectivity index (χ2n) is 12.9. The molecule has 0 spiro atoms. The first-order valence-corrected chi connectivity index (χ1v) is 16.3. The largest absolute Gasteiger partial charge is 0.506 e. The molecule has 0 radical (unpaired) electrons. The molecule has 12 heteroatoms. The molecule has 0 atom stereocenters. The van der Waals surface area contributed by atoms with Gasteiger partial charge in [0.2, 0.25) is 11.5 Å². The van der Waals surface area contributed by atoms with Crippen molar-refractivity contribution in [3.05, 3.63) is 91.0 Å². The van der Waals surface area contributed by atoms with Crippen LogP contribution in [-0.4, -0.2) is 56.2 Å². The minimum absolute atomic E-state index is 0.199. The van der Waals surface area contributed by atoms with E-state index in [4.69, 9.17) is 4.42 Å². The maximum Gasteiger partial charge on any atom is 0.205 e. The molecule has 11 N–H and O–H groups in total. The van der Waals surface area contributed by atoms with Gasteiger partial charge in [0.25, 0.3) is 0 Å². The van der Waals surface area contributed by atoms with Gasteiger partial charge >= 0.3 is 0 Å². The van der Waals surface area contributed by atoms with E-state index in [9.17, 15) is 56.2 Å². The summed E-state index contributed by atoms with van der Waals surface area (Å²) in [6.07, 6.45) is 0. The summed E-state index contributed by atoms with van der Waals surface area (Å²) in [6, 6.07) is 27.8. The number of aromatic hydroxyl groups is 11. The summed E-state index contributed by atoms with van der Waals surface area (Å²) >= 11 is 0. The van der Waals surface area contributed by atoms with Gasteiger partial charge in [-0.05, 0) is 50.9 Å². The van der Waals surface area contributed by atoms with Crippen LogP contribution in [0.1, 0.15) is 0 Å². The SMILES string of the molecule is Oc1c(O)c(-c2c3ccccc3c(-c3ccc4oc5ccccc5c4c3)c3ccccc23)c(O)c(O)c1-c1c(O)c(O)c2c(O)c(O)c(O)c(O)c2c1O. The summed E-state index contributed by atoms with van der Waals surface area (Å²) in [5.74, 6) is -13.2. The molecule has 0 amide bonds. The standard InChI is InChI=1S/C42H26O12/c43-32-28(35(46)38(49)31-29(32)39(50)41(52)42(53)40(31)51)30-36(47)33(44)27(34(45)37(30)48)26-20-10-3-1-8-18(20)25(19-9-2-4-11-21(19)26)16-13-14-24-22(15-16)17-7-5-6-12-23(17)54-24/h1-15,43-53H. The smallest absolute Gasteiger partial charge is 0.205 e. The Labute approximate surface area is 302 Å². The molecular formula is C42H26O12. The van der Waals surface area contributed by atoms with Gasteiger partial charge in [0.1, 0.15) is 16.9 Å². The fourth-order valence-corrected chi connectivity index (χ4v) is 7.63. The van der Waals surface area contributed by atoms with Crippen LogP contribution in [0.15, 0.2) is 95.4 Å². The number of phenolic OH excluding ortho intramolecular Hbond substituents is 11. The summed E-state index contributed by atoms with van der Waals surface area (Å²) in [5, 5.41) is 123. The average molecular weight is 723 g/mol. The number of fused-ring (bicyclic) bond motifs is 6. The zero-order chi connectivity index (χ0) is 37.9. The topological polar surface area (TPSA) is 236 Å². The Balaban J connectivity index is 1.35. The van der Waals surface area contributed by atoms with Crippen LogP contribution in [0.2, 0.25) is 0 Å². The Kier molecular flexibility index (Phi) is 6.57. The molecule has 0 fully saturated rings. The highest BCUT2D eigenvalue weighted by Crippen LogP contribution is 2.64. The lowest BCUT2D eigenvalue weighted by atomic mass is 9.84. The normalized spacial score (nSPS) is 11.8. The van der Waals surface area contributed by atoms with E-state index in [2.05, 4.69) is 0 Å². The first-order chi connectivity index (χ1) is 25.9. The number of furan rings is 1. The van der Waals surface area contributed by atoms with Crippen molar-refractivity contribution in [3.63, 3.8) is 0 Å². The Hall–Kier alpha value is -7.86. The van der Waals surface area contributed by atoms with E-state index < -0.39 is 90.7 Å². The zero-order valence-electron chi connectivity index (χ0n) is 27.5. The Bertz CT molecular complexity index is 3040. The summed E-state index contributed by atoms with van der Waals surface area (Å²) < 4.78 is 6.06. The van der Waals surface area contributed by atoms with Crippen LogP contribution in [0.4, 0.5) is 0 Å². The van der Waals surface area contributed by atoms with Gasteiger partial charge in [-0.1, -0.05) is 72.8 Å². The average Bonchev–Trinajstić information content (AvgIpc) is 3.56. The molecule has 12 nitrogen and oxygen atoms in total. The predicted molar refractivity (Wildman–Crippen MR) is 201 cm³/mol. The molecular weight excluding hydrogens is 696 g/mol. The number of phenols is 11. The monoisotopic (exact) mass is 722 g/mol. The molecule has 0 aliphatic rings. The molecule has 0 aliphatic carbocycles. The van der Waals surface area contributed by atoms with Crippen LogP contribution in [0.3, 0.4) is 0 Å². The summed E-state index contributed by atoms with van der Waals surface area (Å²) in [4.78, 5) is 0. The van der Waals surface area contributed by atoms with Gasteiger partial charge in [-0.25, -0.2) is 0 Å². The van der Waals surface area contributed by atoms with E-state index in [0.29, 0.717) is 27.1 Å². The Morgan fingerprint density at radius 1 is 0.278 bits per heavy atom. The van der Waals surface area contributed by atoms with E-state index in [1.807, 2.05) is 66.7 Å². The number of benzene rings is 8. The molecule has 8 aromatic carbocycles. The predicted octanol–water partition coefficient (Wildman–Crippen LogP) is 8.81. The highest BCUT2D eigenvalue weighted by atomic mass is 16.4. The summed E-state index contributed by atoms with van der Waals surface area (Å²) in [6.45, 7) is 0. The number of rotatable bonds is 3. The van der Waals surface area contributed by atoms with Gasteiger partial charge in [0, 0.05) is 16.3 Å². The first-order valence-electron chi connectivity index (χ1n) is 16.3. The fraction of sp³-hybridized carbons (Fsp3) is 0. The van der Waals surface area contributed by atoms with Crippen molar-refractivity contribution in [1.29, 1.82) is 0 Å². The summed E-state index contributed by atoms with van der Waals surface area (Å²) in [5.41, 5.74) is 0.845. The van der Waals surface area contributed by atoms with Gasteiger partial charge in [0.15, 0.2) is 46.0 Å². The van der Waals surface area contributed by atoms with Crippen LogP contribution < -0.4 is 0 Å². The second kappa shape index (κ2) is 11.1. The number of hydrogen-bond donors (Lipinski definition) is 11. The Morgan fingerprint density at radius 2 is 0.648 bits per heavy atom. The van der Waals surface area contributed by atoms with Crippen LogP contribution in [0, 0.1) is 0 Å². The molecule has 0 unspecified atom stereocenters.